The van der Waals surface area contributed by atoms with Crippen LogP contribution in [0.1, 0.15) is 42.9 Å². The molecule has 1 aromatic rings. The molecule has 0 bridgehead atoms. The maximum atomic E-state index is 13.0. The third-order valence-electron chi connectivity index (χ3n) is 3.59. The normalized spacial score (nSPS) is 19.2. The van der Waals surface area contributed by atoms with Gasteiger partial charge in [-0.15, -0.1) is 0 Å². The van der Waals surface area contributed by atoms with E-state index in [-0.39, 0.29) is 11.5 Å². The molecule has 5 heteroatoms. The van der Waals surface area contributed by atoms with Crippen molar-refractivity contribution in [2.24, 2.45) is 11.7 Å². The molecule has 0 aliphatic heterocycles. The van der Waals surface area contributed by atoms with Gasteiger partial charge in [0.2, 0.25) is 0 Å². The van der Waals surface area contributed by atoms with Crippen molar-refractivity contribution in [3.63, 3.8) is 0 Å². The molecule has 0 heterocycles. The minimum Gasteiger partial charge on any atom is -0.324 e. The van der Waals surface area contributed by atoms with Gasteiger partial charge in [0, 0.05) is 6.04 Å². The van der Waals surface area contributed by atoms with E-state index in [0.29, 0.717) is 6.07 Å². The first-order valence-corrected chi connectivity index (χ1v) is 6.02. The molecule has 2 N–H and O–H groups in total. The van der Waals surface area contributed by atoms with E-state index >= 15 is 0 Å². The fourth-order valence-corrected chi connectivity index (χ4v) is 2.64. The number of hydrogen-bond acceptors (Lipinski definition) is 1. The molecule has 1 fully saturated rings. The van der Waals surface area contributed by atoms with Gasteiger partial charge in [-0.25, -0.2) is 4.39 Å². The van der Waals surface area contributed by atoms with Crippen molar-refractivity contribution in [3.8, 4) is 0 Å². The fraction of sp³-hybridized carbons (Fsp3) is 0.538. The zero-order valence-corrected chi connectivity index (χ0v) is 9.80. The van der Waals surface area contributed by atoms with Gasteiger partial charge < -0.3 is 5.73 Å². The van der Waals surface area contributed by atoms with Crippen LogP contribution in [-0.2, 0) is 6.18 Å². The average Bonchev–Trinajstić information content (AvgIpc) is 2.80. The van der Waals surface area contributed by atoms with E-state index in [0.717, 1.165) is 31.7 Å². The third-order valence-corrected chi connectivity index (χ3v) is 3.59. The molecule has 1 atom stereocenters. The summed E-state index contributed by atoms with van der Waals surface area (Å²) in [4.78, 5) is 0. The van der Waals surface area contributed by atoms with Crippen molar-refractivity contribution >= 4 is 0 Å². The van der Waals surface area contributed by atoms with E-state index in [1.54, 1.807) is 0 Å². The Bertz CT molecular complexity index is 421. The predicted molar refractivity (Wildman–Crippen MR) is 60.3 cm³/mol. The molecule has 1 nitrogen and oxygen atoms in total. The Kier molecular flexibility index (Phi) is 3.61. The van der Waals surface area contributed by atoms with Crippen LogP contribution in [0.2, 0.25) is 0 Å². The van der Waals surface area contributed by atoms with Gasteiger partial charge in [-0.1, -0.05) is 18.9 Å². The molecule has 1 aliphatic carbocycles. The Hall–Kier alpha value is -1.10. The highest BCUT2D eigenvalue weighted by Gasteiger charge is 2.37. The lowest BCUT2D eigenvalue weighted by Gasteiger charge is -2.23. The molecular weight excluding hydrogens is 246 g/mol. The van der Waals surface area contributed by atoms with Crippen LogP contribution in [0.4, 0.5) is 17.6 Å². The summed E-state index contributed by atoms with van der Waals surface area (Å²) < 4.78 is 51.5. The molecule has 1 aromatic carbocycles. The van der Waals surface area contributed by atoms with Gasteiger partial charge in [-0.2, -0.15) is 13.2 Å². The lowest BCUT2D eigenvalue weighted by atomic mass is 9.89. The highest BCUT2D eigenvalue weighted by Crippen LogP contribution is 2.40. The molecule has 0 amide bonds. The van der Waals surface area contributed by atoms with Crippen molar-refractivity contribution < 1.29 is 17.6 Å². The van der Waals surface area contributed by atoms with E-state index in [2.05, 4.69) is 0 Å². The Labute approximate surface area is 103 Å². The summed E-state index contributed by atoms with van der Waals surface area (Å²) in [5.74, 6) is -0.818. The summed E-state index contributed by atoms with van der Waals surface area (Å²) >= 11 is 0. The zero-order chi connectivity index (χ0) is 13.3. The quantitative estimate of drug-likeness (QED) is 0.799. The minimum atomic E-state index is -4.56. The topological polar surface area (TPSA) is 26.0 Å². The summed E-state index contributed by atoms with van der Waals surface area (Å²) in [6, 6.07) is 2.08. The highest BCUT2D eigenvalue weighted by molar-refractivity contribution is 5.33. The minimum absolute atomic E-state index is 0.0100. The number of rotatable bonds is 2. The Balaban J connectivity index is 2.37. The maximum absolute atomic E-state index is 13.0. The van der Waals surface area contributed by atoms with Gasteiger partial charge in [0.1, 0.15) is 5.82 Å². The van der Waals surface area contributed by atoms with Gasteiger partial charge in [0.25, 0.3) is 0 Å². The van der Waals surface area contributed by atoms with E-state index in [1.165, 1.54) is 6.07 Å². The highest BCUT2D eigenvalue weighted by atomic mass is 19.4. The van der Waals surface area contributed by atoms with E-state index < -0.39 is 23.6 Å². The average molecular weight is 261 g/mol. The van der Waals surface area contributed by atoms with Crippen molar-refractivity contribution in [1.82, 2.24) is 0 Å². The Morgan fingerprint density at radius 2 is 1.78 bits per heavy atom. The number of halogens is 4. The fourth-order valence-electron chi connectivity index (χ4n) is 2.64. The van der Waals surface area contributed by atoms with Crippen molar-refractivity contribution in [3.05, 3.63) is 35.1 Å². The van der Waals surface area contributed by atoms with E-state index in [9.17, 15) is 17.6 Å². The van der Waals surface area contributed by atoms with Crippen LogP contribution in [0.25, 0.3) is 0 Å². The van der Waals surface area contributed by atoms with Crippen LogP contribution >= 0.6 is 0 Å². The first-order valence-electron chi connectivity index (χ1n) is 6.02. The summed E-state index contributed by atoms with van der Waals surface area (Å²) in [6.07, 6.45) is -0.874. The zero-order valence-electron chi connectivity index (χ0n) is 9.80. The number of benzene rings is 1. The molecule has 0 radical (unpaired) electrons. The maximum Gasteiger partial charge on any atom is 0.416 e. The number of nitrogens with two attached hydrogens (primary N) is 1. The van der Waals surface area contributed by atoms with Crippen molar-refractivity contribution in [2.45, 2.75) is 37.9 Å². The van der Waals surface area contributed by atoms with Crippen LogP contribution < -0.4 is 5.73 Å². The molecule has 0 unspecified atom stereocenters. The number of hydrogen-bond donors (Lipinski definition) is 1. The lowest BCUT2D eigenvalue weighted by molar-refractivity contribution is -0.138. The number of alkyl halides is 3. The largest absolute Gasteiger partial charge is 0.416 e. The summed E-state index contributed by atoms with van der Waals surface area (Å²) in [6.45, 7) is 0. The van der Waals surface area contributed by atoms with Crippen LogP contribution in [0.5, 0.6) is 0 Å². The van der Waals surface area contributed by atoms with Crippen LogP contribution in [-0.4, -0.2) is 0 Å². The molecule has 1 aliphatic rings. The molecule has 18 heavy (non-hydrogen) atoms. The SMILES string of the molecule is N[C@@H](c1ccc(F)cc1C(F)(F)F)C1CCCC1. The van der Waals surface area contributed by atoms with Crippen molar-refractivity contribution in [2.75, 3.05) is 0 Å². The Morgan fingerprint density at radius 1 is 1.17 bits per heavy atom. The molecule has 100 valence electrons. The molecular formula is C13H15F4N. The van der Waals surface area contributed by atoms with Gasteiger partial charge in [0.05, 0.1) is 5.56 Å². The van der Waals surface area contributed by atoms with Gasteiger partial charge in [-0.3, -0.25) is 0 Å². The second kappa shape index (κ2) is 4.88. The molecule has 0 saturated heterocycles. The molecule has 2 rings (SSSR count). The molecule has 1 saturated carbocycles. The van der Waals surface area contributed by atoms with Gasteiger partial charge in [0.15, 0.2) is 0 Å². The van der Waals surface area contributed by atoms with E-state index in [1.807, 2.05) is 0 Å². The monoisotopic (exact) mass is 261 g/mol. The molecule has 0 spiro atoms. The second-order valence-electron chi connectivity index (χ2n) is 4.80. The molecule has 0 aromatic heterocycles. The van der Waals surface area contributed by atoms with Crippen LogP contribution in [0.3, 0.4) is 0 Å². The van der Waals surface area contributed by atoms with Crippen LogP contribution in [0.15, 0.2) is 18.2 Å². The second-order valence-corrected chi connectivity index (χ2v) is 4.80. The standard InChI is InChI=1S/C13H15F4N/c14-9-5-6-10(11(7-9)13(15,16)17)12(18)8-3-1-2-4-8/h5-8,12H,1-4,18H2/t12-/m1/s1. The van der Waals surface area contributed by atoms with Crippen LogP contribution in [0, 0.1) is 11.7 Å². The van der Waals surface area contributed by atoms with Crippen molar-refractivity contribution in [1.29, 1.82) is 0 Å². The van der Waals surface area contributed by atoms with Gasteiger partial charge in [-0.05, 0) is 36.5 Å². The summed E-state index contributed by atoms with van der Waals surface area (Å²) in [7, 11) is 0. The predicted octanol–water partition coefficient (Wildman–Crippen LogP) is 4.03. The summed E-state index contributed by atoms with van der Waals surface area (Å²) in [5, 5.41) is 0. The lowest BCUT2D eigenvalue weighted by Crippen LogP contribution is -2.23. The smallest absolute Gasteiger partial charge is 0.324 e. The van der Waals surface area contributed by atoms with Gasteiger partial charge >= 0.3 is 6.18 Å². The van der Waals surface area contributed by atoms with E-state index in [4.69, 9.17) is 5.73 Å². The first-order chi connectivity index (χ1) is 8.39. The first kappa shape index (κ1) is 13.3. The third kappa shape index (κ3) is 2.66. The Morgan fingerprint density at radius 3 is 2.33 bits per heavy atom. The summed E-state index contributed by atoms with van der Waals surface area (Å²) in [5.41, 5.74) is 4.99.